The van der Waals surface area contributed by atoms with Gasteiger partial charge in [-0.1, -0.05) is 6.92 Å². The van der Waals surface area contributed by atoms with Crippen LogP contribution >= 0.6 is 0 Å². The maximum absolute atomic E-state index is 11.3. The molecule has 0 bridgehead atoms. The molecule has 14 heavy (non-hydrogen) atoms. The molecule has 0 radical (unpaired) electrons. The van der Waals surface area contributed by atoms with Crippen molar-refractivity contribution in [3.8, 4) is 0 Å². The molecule has 0 amide bonds. The van der Waals surface area contributed by atoms with Crippen LogP contribution in [0.1, 0.15) is 13.3 Å². The van der Waals surface area contributed by atoms with Crippen LogP contribution in [0.5, 0.6) is 0 Å². The molecule has 1 aromatic rings. The highest BCUT2D eigenvalue weighted by atomic mass is 32.2. The van der Waals surface area contributed by atoms with E-state index in [9.17, 15) is 8.42 Å². The van der Waals surface area contributed by atoms with Gasteiger partial charge in [-0.15, -0.1) is 0 Å². The van der Waals surface area contributed by atoms with Gasteiger partial charge in [0.25, 0.3) is 0 Å². The lowest BCUT2D eigenvalue weighted by Gasteiger charge is -2.05. The summed E-state index contributed by atoms with van der Waals surface area (Å²) in [7, 11) is -3.27. The Labute approximate surface area is 83.4 Å². The first-order chi connectivity index (χ1) is 6.53. The van der Waals surface area contributed by atoms with Crippen molar-refractivity contribution in [3.05, 3.63) is 18.3 Å². The average Bonchev–Trinajstić information content (AvgIpc) is 2.02. The SMILES string of the molecule is CCCS(=O)(=O)Nc1cc(N)ccn1. The van der Waals surface area contributed by atoms with Gasteiger partial charge in [-0.25, -0.2) is 13.4 Å². The number of aromatic nitrogens is 1. The lowest BCUT2D eigenvalue weighted by molar-refractivity contribution is 0.599. The van der Waals surface area contributed by atoms with Crippen molar-refractivity contribution in [2.45, 2.75) is 13.3 Å². The van der Waals surface area contributed by atoms with Crippen LogP contribution in [-0.2, 0) is 10.0 Å². The predicted octanol–water partition coefficient (Wildman–Crippen LogP) is 0.816. The Balaban J connectivity index is 2.79. The number of nitrogens with two attached hydrogens (primary N) is 1. The molecule has 3 N–H and O–H groups in total. The monoisotopic (exact) mass is 215 g/mol. The molecule has 78 valence electrons. The number of nitrogens with one attached hydrogen (secondary N) is 1. The molecule has 1 aromatic heterocycles. The highest BCUT2D eigenvalue weighted by molar-refractivity contribution is 7.92. The van der Waals surface area contributed by atoms with Crippen LogP contribution in [0.2, 0.25) is 0 Å². The van der Waals surface area contributed by atoms with E-state index in [2.05, 4.69) is 9.71 Å². The molecule has 1 heterocycles. The molecular weight excluding hydrogens is 202 g/mol. The Kier molecular flexibility index (Phi) is 3.29. The normalized spacial score (nSPS) is 11.2. The summed E-state index contributed by atoms with van der Waals surface area (Å²) in [4.78, 5) is 3.84. The van der Waals surface area contributed by atoms with Crippen LogP contribution in [0, 0.1) is 0 Å². The Bertz CT molecular complexity index is 403. The Morgan fingerprint density at radius 1 is 1.57 bits per heavy atom. The first-order valence-electron chi connectivity index (χ1n) is 4.25. The average molecular weight is 215 g/mol. The predicted molar refractivity (Wildman–Crippen MR) is 56.3 cm³/mol. The van der Waals surface area contributed by atoms with Crippen molar-refractivity contribution in [2.24, 2.45) is 0 Å². The van der Waals surface area contributed by atoms with Crippen molar-refractivity contribution < 1.29 is 8.42 Å². The van der Waals surface area contributed by atoms with Gasteiger partial charge >= 0.3 is 0 Å². The molecular formula is C8H13N3O2S. The van der Waals surface area contributed by atoms with Gasteiger partial charge in [-0.2, -0.15) is 0 Å². The molecule has 0 unspecified atom stereocenters. The highest BCUT2D eigenvalue weighted by Crippen LogP contribution is 2.09. The van der Waals surface area contributed by atoms with Crippen LogP contribution in [0.25, 0.3) is 0 Å². The summed E-state index contributed by atoms with van der Waals surface area (Å²) in [6.07, 6.45) is 2.02. The first kappa shape index (κ1) is 10.8. The topological polar surface area (TPSA) is 85.1 Å². The third-order valence-electron chi connectivity index (χ3n) is 1.52. The summed E-state index contributed by atoms with van der Waals surface area (Å²) in [5.41, 5.74) is 5.96. The number of hydrogen-bond acceptors (Lipinski definition) is 4. The molecule has 0 fully saturated rings. The van der Waals surface area contributed by atoms with Crippen LogP contribution < -0.4 is 10.5 Å². The van der Waals surface area contributed by atoms with E-state index in [0.29, 0.717) is 12.1 Å². The molecule has 5 nitrogen and oxygen atoms in total. The number of anilines is 2. The maximum Gasteiger partial charge on any atom is 0.233 e. The zero-order valence-electron chi connectivity index (χ0n) is 7.90. The van der Waals surface area contributed by atoms with Crippen molar-refractivity contribution in [1.29, 1.82) is 0 Å². The molecule has 0 saturated carbocycles. The van der Waals surface area contributed by atoms with Gasteiger partial charge < -0.3 is 5.73 Å². The summed E-state index contributed by atoms with van der Waals surface area (Å²) in [5.74, 6) is 0.349. The maximum atomic E-state index is 11.3. The lowest BCUT2D eigenvalue weighted by atomic mass is 10.4. The number of pyridine rings is 1. The highest BCUT2D eigenvalue weighted by Gasteiger charge is 2.08. The van der Waals surface area contributed by atoms with Gasteiger partial charge in [-0.05, 0) is 12.5 Å². The number of nitrogens with zero attached hydrogens (tertiary/aromatic N) is 1. The van der Waals surface area contributed by atoms with Crippen molar-refractivity contribution >= 4 is 21.5 Å². The third-order valence-corrected chi connectivity index (χ3v) is 2.98. The Morgan fingerprint density at radius 2 is 2.29 bits per heavy atom. The molecule has 0 aromatic carbocycles. The second kappa shape index (κ2) is 4.28. The Morgan fingerprint density at radius 3 is 2.86 bits per heavy atom. The molecule has 0 spiro atoms. The number of hydrogen-bond donors (Lipinski definition) is 2. The first-order valence-corrected chi connectivity index (χ1v) is 5.91. The fourth-order valence-corrected chi connectivity index (χ4v) is 2.05. The van der Waals surface area contributed by atoms with Crippen LogP contribution in [0.4, 0.5) is 11.5 Å². The minimum Gasteiger partial charge on any atom is -0.399 e. The molecule has 0 atom stereocenters. The van der Waals surface area contributed by atoms with E-state index in [1.54, 1.807) is 13.0 Å². The van der Waals surface area contributed by atoms with E-state index in [-0.39, 0.29) is 11.6 Å². The summed E-state index contributed by atoms with van der Waals surface area (Å²) >= 11 is 0. The van der Waals surface area contributed by atoms with Gasteiger partial charge in [0.2, 0.25) is 10.0 Å². The van der Waals surface area contributed by atoms with Gasteiger partial charge in [0.1, 0.15) is 5.82 Å². The third kappa shape index (κ3) is 3.21. The van der Waals surface area contributed by atoms with E-state index in [1.807, 2.05) is 0 Å². The number of rotatable bonds is 4. The fourth-order valence-electron chi connectivity index (χ4n) is 0.982. The Hall–Kier alpha value is -1.30. The van der Waals surface area contributed by atoms with Crippen LogP contribution in [0.3, 0.4) is 0 Å². The van der Waals surface area contributed by atoms with Crippen molar-refractivity contribution in [1.82, 2.24) is 4.98 Å². The molecule has 0 saturated heterocycles. The van der Waals surface area contributed by atoms with E-state index in [1.165, 1.54) is 12.3 Å². The summed E-state index contributed by atoms with van der Waals surface area (Å²) < 4.78 is 25.0. The smallest absolute Gasteiger partial charge is 0.233 e. The quantitative estimate of drug-likeness (QED) is 0.778. The van der Waals surface area contributed by atoms with E-state index < -0.39 is 10.0 Å². The van der Waals surface area contributed by atoms with Crippen molar-refractivity contribution in [2.75, 3.05) is 16.2 Å². The molecule has 6 heteroatoms. The molecule has 0 aliphatic rings. The van der Waals surface area contributed by atoms with Gasteiger partial charge in [0.15, 0.2) is 0 Å². The van der Waals surface area contributed by atoms with Crippen LogP contribution in [-0.4, -0.2) is 19.2 Å². The lowest BCUT2D eigenvalue weighted by Crippen LogP contribution is -2.16. The minimum absolute atomic E-state index is 0.0868. The van der Waals surface area contributed by atoms with E-state index in [4.69, 9.17) is 5.73 Å². The molecule has 0 aliphatic heterocycles. The zero-order valence-corrected chi connectivity index (χ0v) is 8.71. The summed E-state index contributed by atoms with van der Waals surface area (Å²) in [5, 5.41) is 0. The second-order valence-corrected chi connectivity index (χ2v) is 4.74. The zero-order chi connectivity index (χ0) is 10.6. The van der Waals surface area contributed by atoms with E-state index >= 15 is 0 Å². The van der Waals surface area contributed by atoms with E-state index in [0.717, 1.165) is 0 Å². The largest absolute Gasteiger partial charge is 0.399 e. The number of sulfonamides is 1. The summed E-state index contributed by atoms with van der Waals surface area (Å²) in [6.45, 7) is 1.80. The van der Waals surface area contributed by atoms with Gasteiger partial charge in [0.05, 0.1) is 5.75 Å². The standard InChI is InChI=1S/C8H13N3O2S/c1-2-5-14(12,13)11-8-6-7(9)3-4-10-8/h3-4,6H,2,5H2,1H3,(H3,9,10,11). The minimum atomic E-state index is -3.27. The number of nitrogen functional groups attached to an aromatic ring is 1. The van der Waals surface area contributed by atoms with Gasteiger partial charge in [-0.3, -0.25) is 4.72 Å². The fraction of sp³-hybridized carbons (Fsp3) is 0.375. The molecule has 0 aliphatic carbocycles. The van der Waals surface area contributed by atoms with Crippen molar-refractivity contribution in [3.63, 3.8) is 0 Å². The second-order valence-electron chi connectivity index (χ2n) is 2.90. The molecule has 1 rings (SSSR count). The summed E-state index contributed by atoms with van der Waals surface area (Å²) in [6, 6.07) is 3.07. The van der Waals surface area contributed by atoms with Crippen LogP contribution in [0.15, 0.2) is 18.3 Å². The van der Waals surface area contributed by atoms with Gasteiger partial charge in [0, 0.05) is 18.0 Å².